The molecule has 0 spiro atoms. The van der Waals surface area contributed by atoms with Gasteiger partial charge in [0, 0.05) is 23.9 Å². The van der Waals surface area contributed by atoms with E-state index >= 15 is 0 Å². The van der Waals surface area contributed by atoms with Crippen LogP contribution in [0.25, 0.3) is 0 Å². The predicted octanol–water partition coefficient (Wildman–Crippen LogP) is 3.49. The predicted molar refractivity (Wildman–Crippen MR) is 72.9 cm³/mol. The van der Waals surface area contributed by atoms with E-state index in [-0.39, 0.29) is 0 Å². The maximum atomic E-state index is 10.1. The van der Waals surface area contributed by atoms with Crippen molar-refractivity contribution in [2.24, 2.45) is 0 Å². The average molecular weight is 253 g/mol. The number of carbonyl (C=O) groups is 2. The molecule has 1 aromatic rings. The Bertz CT molecular complexity index is 320. The van der Waals surface area contributed by atoms with Gasteiger partial charge >= 0.3 is 5.97 Å². The zero-order chi connectivity index (χ0) is 14.4. The number of pyridine rings is 1. The fourth-order valence-corrected chi connectivity index (χ4v) is 0.877. The van der Waals surface area contributed by atoms with E-state index in [0.717, 1.165) is 24.8 Å². The second kappa shape index (κ2) is 13.4. The summed E-state index contributed by atoms with van der Waals surface area (Å²) in [6, 6.07) is 3.55. The fourth-order valence-electron chi connectivity index (χ4n) is 0.877. The Morgan fingerprint density at radius 1 is 1.39 bits per heavy atom. The Labute approximate surface area is 109 Å². The fraction of sp³-hybridized carbons (Fsp3) is 0.500. The first-order valence-corrected chi connectivity index (χ1v) is 6.19. The molecular formula is C14H23NO3. The lowest BCUT2D eigenvalue weighted by Crippen LogP contribution is -1.91. The summed E-state index contributed by atoms with van der Waals surface area (Å²) in [7, 11) is 0. The highest BCUT2D eigenvalue weighted by molar-refractivity contribution is 5.73. The lowest BCUT2D eigenvalue weighted by Gasteiger charge is -1.88. The minimum atomic E-state index is -0.693. The van der Waals surface area contributed by atoms with E-state index in [1.807, 2.05) is 33.8 Å². The normalized spacial score (nSPS) is 8.22. The molecule has 4 nitrogen and oxygen atoms in total. The molecule has 0 atom stereocenters. The third-order valence-corrected chi connectivity index (χ3v) is 1.81. The Kier molecular flexibility index (Phi) is 13.8. The number of carboxylic acids is 1. The van der Waals surface area contributed by atoms with Crippen molar-refractivity contribution < 1.29 is 14.7 Å². The van der Waals surface area contributed by atoms with Crippen LogP contribution in [0, 0.1) is 6.92 Å². The molecule has 102 valence electrons. The largest absolute Gasteiger partial charge is 0.481 e. The summed E-state index contributed by atoms with van der Waals surface area (Å²) in [5, 5.41) is 8.04. The number of rotatable bonds is 4. The van der Waals surface area contributed by atoms with Gasteiger partial charge < -0.3 is 5.11 Å². The van der Waals surface area contributed by atoms with Gasteiger partial charge in [0.15, 0.2) is 6.29 Å². The summed E-state index contributed by atoms with van der Waals surface area (Å²) < 4.78 is 0. The van der Waals surface area contributed by atoms with E-state index in [1.54, 1.807) is 12.3 Å². The molecule has 0 amide bonds. The number of carboxylic acid groups (broad SMARTS) is 1. The Morgan fingerprint density at radius 2 is 2.00 bits per heavy atom. The third-order valence-electron chi connectivity index (χ3n) is 1.81. The summed E-state index contributed by atoms with van der Waals surface area (Å²) in [4.78, 5) is 23.8. The molecule has 0 saturated carbocycles. The highest BCUT2D eigenvalue weighted by Crippen LogP contribution is 1.94. The van der Waals surface area contributed by atoms with Crippen molar-refractivity contribution in [3.8, 4) is 0 Å². The first-order valence-electron chi connectivity index (χ1n) is 6.19. The maximum absolute atomic E-state index is 10.1. The highest BCUT2D eigenvalue weighted by atomic mass is 16.4. The maximum Gasteiger partial charge on any atom is 0.303 e. The lowest BCUT2D eigenvalue weighted by atomic mass is 10.3. The molecular weight excluding hydrogens is 230 g/mol. The lowest BCUT2D eigenvalue weighted by molar-refractivity contribution is -0.137. The molecule has 1 heterocycles. The van der Waals surface area contributed by atoms with E-state index in [2.05, 4.69) is 4.98 Å². The topological polar surface area (TPSA) is 67.3 Å². The van der Waals surface area contributed by atoms with Gasteiger partial charge in [-0.1, -0.05) is 27.2 Å². The van der Waals surface area contributed by atoms with E-state index in [0.29, 0.717) is 12.0 Å². The first-order chi connectivity index (χ1) is 8.60. The van der Waals surface area contributed by atoms with Gasteiger partial charge in [-0.3, -0.25) is 14.6 Å². The molecule has 0 aliphatic carbocycles. The van der Waals surface area contributed by atoms with Crippen LogP contribution < -0.4 is 0 Å². The first kappa shape index (κ1) is 18.6. The van der Waals surface area contributed by atoms with E-state index in [4.69, 9.17) is 5.11 Å². The van der Waals surface area contributed by atoms with E-state index < -0.39 is 5.97 Å². The molecule has 0 fully saturated rings. The van der Waals surface area contributed by atoms with Crippen molar-refractivity contribution in [3.63, 3.8) is 0 Å². The number of unbranched alkanes of at least 4 members (excludes halogenated alkanes) is 1. The molecule has 0 aliphatic heterocycles. The summed E-state index contributed by atoms with van der Waals surface area (Å²) in [6.45, 7) is 7.86. The Balaban J connectivity index is 0. The van der Waals surface area contributed by atoms with E-state index in [9.17, 15) is 9.59 Å². The number of aliphatic carboxylic acids is 1. The highest BCUT2D eigenvalue weighted by Gasteiger charge is 1.90. The van der Waals surface area contributed by atoms with Gasteiger partial charge in [0.05, 0.1) is 0 Å². The molecule has 0 radical (unpaired) electrons. The van der Waals surface area contributed by atoms with Crippen molar-refractivity contribution in [3.05, 3.63) is 29.6 Å². The Hall–Kier alpha value is -1.71. The van der Waals surface area contributed by atoms with Crippen LogP contribution in [-0.2, 0) is 4.79 Å². The molecule has 1 N–H and O–H groups in total. The molecule has 0 bridgehead atoms. The van der Waals surface area contributed by atoms with Gasteiger partial charge in [0.25, 0.3) is 0 Å². The molecule has 0 saturated heterocycles. The van der Waals surface area contributed by atoms with Crippen molar-refractivity contribution in [2.75, 3.05) is 0 Å². The monoisotopic (exact) mass is 253 g/mol. The zero-order valence-corrected chi connectivity index (χ0v) is 11.6. The minimum Gasteiger partial charge on any atom is -0.481 e. The molecule has 1 aromatic heterocycles. The van der Waals surface area contributed by atoms with Crippen LogP contribution >= 0.6 is 0 Å². The summed E-state index contributed by atoms with van der Waals surface area (Å²) >= 11 is 0. The summed E-state index contributed by atoms with van der Waals surface area (Å²) in [6.07, 6.45) is 4.42. The number of aryl methyl sites for hydroxylation is 1. The van der Waals surface area contributed by atoms with Crippen LogP contribution in [0.2, 0.25) is 0 Å². The van der Waals surface area contributed by atoms with Crippen LogP contribution in [0.5, 0.6) is 0 Å². The molecule has 0 unspecified atom stereocenters. The molecule has 4 heteroatoms. The van der Waals surface area contributed by atoms with Crippen molar-refractivity contribution in [1.29, 1.82) is 0 Å². The van der Waals surface area contributed by atoms with Crippen molar-refractivity contribution in [1.82, 2.24) is 4.98 Å². The number of aldehydes is 1. The zero-order valence-electron chi connectivity index (χ0n) is 11.6. The van der Waals surface area contributed by atoms with Crippen LogP contribution in [0.4, 0.5) is 0 Å². The van der Waals surface area contributed by atoms with Crippen molar-refractivity contribution in [2.45, 2.75) is 47.0 Å². The minimum absolute atomic E-state index is 0.316. The van der Waals surface area contributed by atoms with Gasteiger partial charge in [-0.25, -0.2) is 0 Å². The standard InChI is InChI=1S/C7H7NO.C5H10O2.C2H6/c1-6-2-3-7(5-9)4-8-6;1-2-3-4-5(6)7;1-2/h2-5H,1H3;2-4H2,1H3,(H,6,7);1-2H3. The van der Waals surface area contributed by atoms with Crippen LogP contribution in [0.15, 0.2) is 18.3 Å². The van der Waals surface area contributed by atoms with Crippen molar-refractivity contribution >= 4 is 12.3 Å². The number of nitrogens with zero attached hydrogens (tertiary/aromatic N) is 1. The summed E-state index contributed by atoms with van der Waals surface area (Å²) in [5.41, 5.74) is 1.56. The van der Waals surface area contributed by atoms with Gasteiger partial charge in [0.2, 0.25) is 0 Å². The number of hydrogen-bond acceptors (Lipinski definition) is 3. The second-order valence-electron chi connectivity index (χ2n) is 3.35. The average Bonchev–Trinajstić information content (AvgIpc) is 2.40. The summed E-state index contributed by atoms with van der Waals surface area (Å²) in [5.74, 6) is -0.693. The Morgan fingerprint density at radius 3 is 2.28 bits per heavy atom. The van der Waals surface area contributed by atoms with Gasteiger partial charge in [0.1, 0.15) is 0 Å². The quantitative estimate of drug-likeness (QED) is 0.834. The van der Waals surface area contributed by atoms with Gasteiger partial charge in [-0.15, -0.1) is 0 Å². The number of hydrogen-bond donors (Lipinski definition) is 1. The SMILES string of the molecule is CC.CCCCC(=O)O.Cc1ccc(C=O)cn1. The van der Waals surface area contributed by atoms with E-state index in [1.165, 1.54) is 0 Å². The van der Waals surface area contributed by atoms with Crippen LogP contribution in [0.1, 0.15) is 56.1 Å². The number of aromatic nitrogens is 1. The molecule has 18 heavy (non-hydrogen) atoms. The van der Waals surface area contributed by atoms with Gasteiger partial charge in [-0.05, 0) is 25.5 Å². The second-order valence-corrected chi connectivity index (χ2v) is 3.35. The van der Waals surface area contributed by atoms with Gasteiger partial charge in [-0.2, -0.15) is 0 Å². The smallest absolute Gasteiger partial charge is 0.303 e. The molecule has 1 rings (SSSR count). The molecule has 0 aliphatic rings. The molecule has 0 aromatic carbocycles. The van der Waals surface area contributed by atoms with Crippen LogP contribution in [-0.4, -0.2) is 22.3 Å². The van der Waals surface area contributed by atoms with Crippen LogP contribution in [0.3, 0.4) is 0 Å². The number of carbonyl (C=O) groups excluding carboxylic acids is 1. The third kappa shape index (κ3) is 12.4.